The van der Waals surface area contributed by atoms with Gasteiger partial charge in [0.15, 0.2) is 12.6 Å². The lowest BCUT2D eigenvalue weighted by molar-refractivity contribution is -0.152. The average molecular weight is 596 g/mol. The van der Waals surface area contributed by atoms with E-state index in [0.29, 0.717) is 29.8 Å². The first-order chi connectivity index (χ1) is 20.6. The Hall–Kier alpha value is -3.70. The van der Waals surface area contributed by atoms with Crippen molar-refractivity contribution < 1.29 is 42.7 Å². The largest absolute Gasteiger partial charge is 0.492 e. The second kappa shape index (κ2) is 14.7. The summed E-state index contributed by atoms with van der Waals surface area (Å²) in [4.78, 5) is 26.7. The summed E-state index contributed by atoms with van der Waals surface area (Å²) in [6, 6.07) is 12.1. The topological polar surface area (TPSA) is 125 Å². The second-order valence-electron chi connectivity index (χ2n) is 10.9. The Kier molecular flexibility index (Phi) is 11.0. The summed E-state index contributed by atoms with van der Waals surface area (Å²) < 4.78 is 41.1. The smallest absolute Gasteiger partial charge is 0.342 e. The van der Waals surface area contributed by atoms with E-state index in [4.69, 9.17) is 38.9 Å². The van der Waals surface area contributed by atoms with Crippen molar-refractivity contribution >= 4 is 18.0 Å². The number of nitrogens with two attached hydrogens (primary N) is 1. The molecule has 0 spiro atoms. The summed E-state index contributed by atoms with van der Waals surface area (Å²) in [6.07, 6.45) is 5.34. The predicted molar refractivity (Wildman–Crippen MR) is 160 cm³/mol. The van der Waals surface area contributed by atoms with Gasteiger partial charge in [-0.15, -0.1) is 0 Å². The van der Waals surface area contributed by atoms with Crippen LogP contribution >= 0.6 is 0 Å². The normalized spacial score (nSPS) is 25.9. The molecule has 1 saturated heterocycles. The summed E-state index contributed by atoms with van der Waals surface area (Å²) in [5.41, 5.74) is 6.84. The molecule has 0 saturated carbocycles. The monoisotopic (exact) mass is 595 g/mol. The lowest BCUT2D eigenvalue weighted by Gasteiger charge is -2.25. The van der Waals surface area contributed by atoms with Crippen molar-refractivity contribution in [2.24, 2.45) is 11.7 Å². The van der Waals surface area contributed by atoms with Gasteiger partial charge in [-0.3, -0.25) is 0 Å². The molecule has 232 valence electrons. The molecule has 2 N–H and O–H groups in total. The third kappa shape index (κ3) is 8.45. The molecule has 0 radical (unpaired) electrons. The zero-order chi connectivity index (χ0) is 31.0. The van der Waals surface area contributed by atoms with E-state index in [1.54, 1.807) is 55.5 Å². The van der Waals surface area contributed by atoms with Gasteiger partial charge < -0.3 is 38.9 Å². The van der Waals surface area contributed by atoms with Gasteiger partial charge in [-0.2, -0.15) is 0 Å². The van der Waals surface area contributed by atoms with Crippen molar-refractivity contribution in [1.29, 1.82) is 0 Å². The van der Waals surface area contributed by atoms with Gasteiger partial charge in [0.05, 0.1) is 11.7 Å². The fraction of sp³-hybridized carbons (Fsp3) is 0.455. The van der Waals surface area contributed by atoms with Crippen LogP contribution in [0.1, 0.15) is 60.4 Å². The van der Waals surface area contributed by atoms with Crippen LogP contribution in [0.2, 0.25) is 0 Å². The number of hydrogen-bond acceptors (Lipinski definition) is 10. The van der Waals surface area contributed by atoms with Gasteiger partial charge in [-0.25, -0.2) is 9.59 Å². The number of ether oxygens (including phenoxy) is 7. The van der Waals surface area contributed by atoms with E-state index in [0.717, 1.165) is 0 Å². The molecule has 10 nitrogen and oxygen atoms in total. The van der Waals surface area contributed by atoms with Crippen molar-refractivity contribution in [3.8, 4) is 11.5 Å². The highest BCUT2D eigenvalue weighted by Crippen LogP contribution is 2.36. The molecule has 10 heteroatoms. The molecule has 5 atom stereocenters. The van der Waals surface area contributed by atoms with E-state index in [1.165, 1.54) is 7.11 Å². The first-order valence-electron chi connectivity index (χ1n) is 14.4. The highest BCUT2D eigenvalue weighted by atomic mass is 16.8. The highest BCUT2D eigenvalue weighted by molar-refractivity contribution is 5.97. The minimum atomic E-state index is -0.914. The molecular formula is C33H41NO9. The maximum absolute atomic E-state index is 13.6. The lowest BCUT2D eigenvalue weighted by atomic mass is 9.98. The average Bonchev–Trinajstić information content (AvgIpc) is 3.30. The summed E-state index contributed by atoms with van der Waals surface area (Å²) in [6.45, 7) is 7.88. The van der Waals surface area contributed by atoms with Crippen LogP contribution in [0.15, 0.2) is 60.7 Å². The molecule has 0 aliphatic carbocycles. The van der Waals surface area contributed by atoms with Crippen molar-refractivity contribution in [2.75, 3.05) is 27.1 Å². The van der Waals surface area contributed by atoms with Crippen LogP contribution in [0.25, 0.3) is 6.08 Å². The zero-order valence-corrected chi connectivity index (χ0v) is 25.3. The van der Waals surface area contributed by atoms with Crippen LogP contribution < -0.4 is 15.2 Å². The van der Waals surface area contributed by atoms with Crippen LogP contribution in [0.4, 0.5) is 0 Å². The standard InChI is InChI=1S/C33H41NO9/c1-21-14-15-26(41-31(35)23-10-7-6-8-11-23)30-27(42-33(3,4)43-30)13-9-12-24-18-25(38-17-16-34)19-28(39-20-37-5)29(24)32(36)40-22(21)2/h6-12,14-15,18-19,21-22,26-27,30H,13,16-17,20,34H2,1-5H3/b12-9?,15-14-/t21-,22+,26?,27?,30?/m1/s1. The number of methoxy groups -OCH3 is 1. The summed E-state index contributed by atoms with van der Waals surface area (Å²) in [5.74, 6) is -1.46. The van der Waals surface area contributed by atoms with Crippen LogP contribution in [0, 0.1) is 5.92 Å². The molecule has 2 aromatic rings. The second-order valence-corrected chi connectivity index (χ2v) is 10.9. The van der Waals surface area contributed by atoms with Crippen molar-refractivity contribution in [3.05, 3.63) is 77.4 Å². The van der Waals surface area contributed by atoms with E-state index < -0.39 is 42.1 Å². The predicted octanol–water partition coefficient (Wildman–Crippen LogP) is 4.91. The van der Waals surface area contributed by atoms with Gasteiger partial charge in [0, 0.05) is 25.6 Å². The molecule has 3 unspecified atom stereocenters. The third-order valence-corrected chi connectivity index (χ3v) is 7.13. The quantitative estimate of drug-likeness (QED) is 0.256. The van der Waals surface area contributed by atoms with Gasteiger partial charge in [-0.1, -0.05) is 43.4 Å². The fourth-order valence-electron chi connectivity index (χ4n) is 4.87. The number of rotatable bonds is 8. The highest BCUT2D eigenvalue weighted by Gasteiger charge is 2.45. The molecule has 0 bridgehead atoms. The van der Waals surface area contributed by atoms with Gasteiger partial charge in [-0.05, 0) is 57.0 Å². The summed E-state index contributed by atoms with van der Waals surface area (Å²) in [7, 11) is 1.49. The minimum absolute atomic E-state index is 0.0778. The van der Waals surface area contributed by atoms with E-state index >= 15 is 0 Å². The Labute approximate surface area is 252 Å². The van der Waals surface area contributed by atoms with Crippen molar-refractivity contribution in [2.45, 2.75) is 64.3 Å². The van der Waals surface area contributed by atoms with Gasteiger partial charge >= 0.3 is 11.9 Å². The van der Waals surface area contributed by atoms with Crippen LogP contribution in [0.3, 0.4) is 0 Å². The van der Waals surface area contributed by atoms with Crippen molar-refractivity contribution in [1.82, 2.24) is 0 Å². The van der Waals surface area contributed by atoms with E-state index in [2.05, 4.69) is 0 Å². The number of esters is 2. The van der Waals surface area contributed by atoms with Crippen LogP contribution in [0.5, 0.6) is 11.5 Å². The Morgan fingerprint density at radius 1 is 1.07 bits per heavy atom. The fourth-order valence-corrected chi connectivity index (χ4v) is 4.87. The molecule has 2 aromatic carbocycles. The number of cyclic esters (lactones) is 1. The first kappa shape index (κ1) is 32.2. The Morgan fingerprint density at radius 3 is 2.56 bits per heavy atom. The molecule has 43 heavy (non-hydrogen) atoms. The molecule has 2 aliphatic rings. The van der Waals surface area contributed by atoms with E-state index in [-0.39, 0.29) is 30.6 Å². The van der Waals surface area contributed by atoms with Crippen LogP contribution in [-0.4, -0.2) is 69.2 Å². The molecule has 2 heterocycles. The van der Waals surface area contributed by atoms with E-state index in [9.17, 15) is 9.59 Å². The van der Waals surface area contributed by atoms with E-state index in [1.807, 2.05) is 39.0 Å². The zero-order valence-electron chi connectivity index (χ0n) is 25.3. The lowest BCUT2D eigenvalue weighted by Crippen LogP contribution is -2.37. The number of carbonyl (C=O) groups excluding carboxylic acids is 2. The molecule has 0 amide bonds. The SMILES string of the molecule is COCOc1cc(OCCN)cc2c1C(=O)O[C@@H](C)[C@H](C)/C=C\C(OC(=O)c1ccccc1)C1OC(C)(C)OC1CC=C2. The number of benzene rings is 2. The maximum atomic E-state index is 13.6. The number of hydrogen-bond donors (Lipinski definition) is 1. The summed E-state index contributed by atoms with van der Waals surface area (Å²) >= 11 is 0. The maximum Gasteiger partial charge on any atom is 0.342 e. The molecule has 4 rings (SSSR count). The molecule has 2 aliphatic heterocycles. The molecular weight excluding hydrogens is 554 g/mol. The van der Waals surface area contributed by atoms with Gasteiger partial charge in [0.1, 0.15) is 42.0 Å². The molecule has 0 aromatic heterocycles. The molecule has 1 fully saturated rings. The first-order valence-corrected chi connectivity index (χ1v) is 14.4. The van der Waals surface area contributed by atoms with Gasteiger partial charge in [0.2, 0.25) is 0 Å². The number of fused-ring (bicyclic) bond motifs is 2. The minimum Gasteiger partial charge on any atom is -0.492 e. The Balaban J connectivity index is 1.74. The number of carbonyl (C=O) groups is 2. The van der Waals surface area contributed by atoms with Gasteiger partial charge in [0.25, 0.3) is 0 Å². The van der Waals surface area contributed by atoms with Crippen LogP contribution in [-0.2, 0) is 23.7 Å². The third-order valence-electron chi connectivity index (χ3n) is 7.13. The Bertz CT molecular complexity index is 1310. The summed E-state index contributed by atoms with van der Waals surface area (Å²) in [5, 5.41) is 0. The van der Waals surface area contributed by atoms with Crippen molar-refractivity contribution in [3.63, 3.8) is 0 Å². The Morgan fingerprint density at radius 2 is 1.84 bits per heavy atom.